The van der Waals surface area contributed by atoms with Gasteiger partial charge in [0.25, 0.3) is 5.91 Å². The van der Waals surface area contributed by atoms with Gasteiger partial charge in [-0.3, -0.25) is 4.79 Å². The first kappa shape index (κ1) is 13.6. The number of imidazole rings is 1. The van der Waals surface area contributed by atoms with Crippen molar-refractivity contribution in [2.75, 3.05) is 0 Å². The lowest BCUT2D eigenvalue weighted by atomic mass is 10.2. The second-order valence-corrected chi connectivity index (χ2v) is 5.62. The quantitative estimate of drug-likeness (QED) is 0.804. The molecule has 3 aromatic rings. The molecule has 0 bridgehead atoms. The fourth-order valence-corrected chi connectivity index (χ4v) is 2.74. The van der Waals surface area contributed by atoms with Gasteiger partial charge in [-0.15, -0.1) is 11.3 Å². The molecule has 5 heteroatoms. The maximum Gasteiger partial charge on any atom is 0.261 e. The minimum Gasteiger partial charge on any atom is -0.347 e. The summed E-state index contributed by atoms with van der Waals surface area (Å²) in [4.78, 5) is 16.8. The number of rotatable bonds is 4. The number of benzene rings is 1. The molecular formula is C16H15N3OS. The maximum atomic E-state index is 11.9. The molecule has 106 valence electrons. The van der Waals surface area contributed by atoms with Crippen molar-refractivity contribution >= 4 is 17.2 Å². The molecule has 0 aliphatic rings. The average Bonchev–Trinajstić information content (AvgIpc) is 3.17. The van der Waals surface area contributed by atoms with Crippen molar-refractivity contribution in [1.82, 2.24) is 14.9 Å². The van der Waals surface area contributed by atoms with E-state index in [1.807, 2.05) is 59.5 Å². The van der Waals surface area contributed by atoms with Crippen LogP contribution >= 0.6 is 11.3 Å². The maximum absolute atomic E-state index is 11.9. The highest BCUT2D eigenvalue weighted by Gasteiger charge is 2.06. The van der Waals surface area contributed by atoms with Gasteiger partial charge in [0, 0.05) is 24.6 Å². The molecule has 2 heterocycles. The molecular weight excluding hydrogens is 282 g/mol. The first-order chi connectivity index (χ1) is 10.2. The normalized spacial score (nSPS) is 10.5. The van der Waals surface area contributed by atoms with E-state index in [2.05, 4.69) is 10.3 Å². The minimum atomic E-state index is -0.0282. The number of amides is 1. The number of carbonyl (C=O) groups is 1. The predicted molar refractivity (Wildman–Crippen MR) is 83.8 cm³/mol. The van der Waals surface area contributed by atoms with Crippen LogP contribution in [0.4, 0.5) is 0 Å². The first-order valence-corrected chi connectivity index (χ1v) is 7.53. The van der Waals surface area contributed by atoms with Gasteiger partial charge in [0.2, 0.25) is 0 Å². The molecule has 0 spiro atoms. The topological polar surface area (TPSA) is 46.9 Å². The summed E-state index contributed by atoms with van der Waals surface area (Å²) in [6.45, 7) is 2.50. The number of hydrogen-bond acceptors (Lipinski definition) is 3. The molecule has 0 aliphatic carbocycles. The van der Waals surface area contributed by atoms with Crippen molar-refractivity contribution in [3.63, 3.8) is 0 Å². The number of nitrogens with one attached hydrogen (secondary N) is 1. The molecule has 0 aliphatic heterocycles. The Balaban J connectivity index is 1.65. The highest BCUT2D eigenvalue weighted by molar-refractivity contribution is 7.12. The molecule has 4 nitrogen and oxygen atoms in total. The van der Waals surface area contributed by atoms with Crippen LogP contribution in [0.1, 0.15) is 21.1 Å². The van der Waals surface area contributed by atoms with E-state index in [0.717, 1.165) is 22.0 Å². The minimum absolute atomic E-state index is 0.0282. The number of aryl methyl sites for hydroxylation is 1. The lowest BCUT2D eigenvalue weighted by Crippen LogP contribution is -2.21. The van der Waals surface area contributed by atoms with Gasteiger partial charge in [0.15, 0.2) is 0 Å². The smallest absolute Gasteiger partial charge is 0.261 e. The van der Waals surface area contributed by atoms with E-state index >= 15 is 0 Å². The third-order valence-corrected chi connectivity index (χ3v) is 4.11. The van der Waals surface area contributed by atoms with Gasteiger partial charge in [-0.25, -0.2) is 4.98 Å². The number of nitrogens with zero attached hydrogens (tertiary/aromatic N) is 2. The van der Waals surface area contributed by atoms with E-state index in [1.165, 1.54) is 11.3 Å². The zero-order valence-electron chi connectivity index (χ0n) is 11.6. The van der Waals surface area contributed by atoms with Gasteiger partial charge in [-0.2, -0.15) is 0 Å². The van der Waals surface area contributed by atoms with Crippen molar-refractivity contribution < 1.29 is 4.79 Å². The van der Waals surface area contributed by atoms with E-state index in [-0.39, 0.29) is 5.91 Å². The van der Waals surface area contributed by atoms with Crippen molar-refractivity contribution in [3.8, 4) is 5.69 Å². The first-order valence-electron chi connectivity index (χ1n) is 6.65. The standard InChI is InChI=1S/C16H15N3OS/c1-12-17-8-9-19(12)14-6-4-13(5-7-14)11-18-16(20)15-3-2-10-21-15/h2-10H,11H2,1H3,(H,18,20). The predicted octanol–water partition coefficient (Wildman–Crippen LogP) is 3.17. The average molecular weight is 297 g/mol. The van der Waals surface area contributed by atoms with Crippen LogP contribution in [0.3, 0.4) is 0 Å². The summed E-state index contributed by atoms with van der Waals surface area (Å²) < 4.78 is 2.02. The molecule has 0 radical (unpaired) electrons. The summed E-state index contributed by atoms with van der Waals surface area (Å²) in [5, 5.41) is 4.82. The summed E-state index contributed by atoms with van der Waals surface area (Å²) in [7, 11) is 0. The summed E-state index contributed by atoms with van der Waals surface area (Å²) in [5.41, 5.74) is 2.14. The second kappa shape index (κ2) is 5.93. The van der Waals surface area contributed by atoms with Gasteiger partial charge in [-0.1, -0.05) is 18.2 Å². The Morgan fingerprint density at radius 1 is 1.29 bits per heavy atom. The highest BCUT2D eigenvalue weighted by Crippen LogP contribution is 2.12. The summed E-state index contributed by atoms with van der Waals surface area (Å²) in [6, 6.07) is 11.8. The lowest BCUT2D eigenvalue weighted by Gasteiger charge is -2.07. The van der Waals surface area contributed by atoms with E-state index in [0.29, 0.717) is 6.54 Å². The van der Waals surface area contributed by atoms with Gasteiger partial charge < -0.3 is 9.88 Å². The van der Waals surface area contributed by atoms with Crippen LogP contribution in [0.5, 0.6) is 0 Å². The lowest BCUT2D eigenvalue weighted by molar-refractivity contribution is 0.0955. The number of thiophene rings is 1. The van der Waals surface area contributed by atoms with Crippen molar-refractivity contribution in [1.29, 1.82) is 0 Å². The molecule has 0 atom stereocenters. The molecule has 0 saturated carbocycles. The summed E-state index contributed by atoms with van der Waals surface area (Å²) in [6.07, 6.45) is 3.72. The Kier molecular flexibility index (Phi) is 3.83. The molecule has 2 aromatic heterocycles. The summed E-state index contributed by atoms with van der Waals surface area (Å²) in [5.74, 6) is 0.924. The number of hydrogen-bond donors (Lipinski definition) is 1. The van der Waals surface area contributed by atoms with Crippen LogP contribution in [0.15, 0.2) is 54.2 Å². The van der Waals surface area contributed by atoms with Crippen LogP contribution in [-0.2, 0) is 6.54 Å². The number of carbonyl (C=O) groups excluding carboxylic acids is 1. The fourth-order valence-electron chi connectivity index (χ4n) is 2.10. The van der Waals surface area contributed by atoms with Crippen LogP contribution in [0.2, 0.25) is 0 Å². The Morgan fingerprint density at radius 3 is 2.71 bits per heavy atom. The fraction of sp³-hybridized carbons (Fsp3) is 0.125. The van der Waals surface area contributed by atoms with Gasteiger partial charge >= 0.3 is 0 Å². The third kappa shape index (κ3) is 3.03. The molecule has 1 N–H and O–H groups in total. The Bertz CT molecular complexity index is 729. The molecule has 0 unspecified atom stereocenters. The van der Waals surface area contributed by atoms with E-state index in [4.69, 9.17) is 0 Å². The van der Waals surface area contributed by atoms with Crippen LogP contribution in [-0.4, -0.2) is 15.5 Å². The third-order valence-electron chi connectivity index (χ3n) is 3.24. The zero-order valence-corrected chi connectivity index (χ0v) is 12.4. The van der Waals surface area contributed by atoms with Crippen molar-refractivity contribution in [2.45, 2.75) is 13.5 Å². The Morgan fingerprint density at radius 2 is 2.10 bits per heavy atom. The largest absolute Gasteiger partial charge is 0.347 e. The molecule has 0 saturated heterocycles. The second-order valence-electron chi connectivity index (χ2n) is 4.67. The van der Waals surface area contributed by atoms with E-state index < -0.39 is 0 Å². The molecule has 21 heavy (non-hydrogen) atoms. The molecule has 3 rings (SSSR count). The van der Waals surface area contributed by atoms with Gasteiger partial charge in [-0.05, 0) is 36.1 Å². The van der Waals surface area contributed by atoms with Crippen LogP contribution < -0.4 is 5.32 Å². The highest BCUT2D eigenvalue weighted by atomic mass is 32.1. The van der Waals surface area contributed by atoms with E-state index in [1.54, 1.807) is 6.20 Å². The van der Waals surface area contributed by atoms with Gasteiger partial charge in [0.1, 0.15) is 5.82 Å². The monoisotopic (exact) mass is 297 g/mol. The Hall–Kier alpha value is -2.40. The zero-order chi connectivity index (χ0) is 14.7. The van der Waals surface area contributed by atoms with Crippen LogP contribution in [0.25, 0.3) is 5.69 Å². The molecule has 1 amide bonds. The van der Waals surface area contributed by atoms with E-state index in [9.17, 15) is 4.79 Å². The number of aromatic nitrogens is 2. The Labute approximate surface area is 127 Å². The molecule has 1 aromatic carbocycles. The van der Waals surface area contributed by atoms with Crippen molar-refractivity contribution in [2.24, 2.45) is 0 Å². The van der Waals surface area contributed by atoms with Crippen LogP contribution in [0, 0.1) is 6.92 Å². The molecule has 0 fully saturated rings. The SMILES string of the molecule is Cc1nccn1-c1ccc(CNC(=O)c2cccs2)cc1. The van der Waals surface area contributed by atoms with Crippen molar-refractivity contribution in [3.05, 3.63) is 70.4 Å². The summed E-state index contributed by atoms with van der Waals surface area (Å²) >= 11 is 1.45. The van der Waals surface area contributed by atoms with Gasteiger partial charge in [0.05, 0.1) is 4.88 Å².